The van der Waals surface area contributed by atoms with Crippen molar-refractivity contribution in [2.45, 2.75) is 19.5 Å². The molecule has 5 heteroatoms. The Balaban J connectivity index is 1.35. The fraction of sp³-hybridized carbons (Fsp3) is 0.250. The molecule has 1 aliphatic heterocycles. The van der Waals surface area contributed by atoms with Gasteiger partial charge in [-0.3, -0.25) is 14.6 Å². The molecule has 3 aromatic carbocycles. The first-order chi connectivity index (χ1) is 16.1. The third-order valence-corrected chi connectivity index (χ3v) is 7.15. The molecule has 4 nitrogen and oxygen atoms in total. The summed E-state index contributed by atoms with van der Waals surface area (Å²) in [6, 6.07) is 27.6. The summed E-state index contributed by atoms with van der Waals surface area (Å²) in [5, 5.41) is 0.747. The van der Waals surface area contributed by atoms with Crippen LogP contribution in [0.25, 0.3) is 10.9 Å². The van der Waals surface area contributed by atoms with Crippen molar-refractivity contribution in [3.63, 3.8) is 0 Å². The van der Waals surface area contributed by atoms with E-state index in [0.29, 0.717) is 6.54 Å². The number of nitrogens with zero attached hydrogens (tertiary/aromatic N) is 2. The summed E-state index contributed by atoms with van der Waals surface area (Å²) >= 11 is 3.50. The predicted molar refractivity (Wildman–Crippen MR) is 139 cm³/mol. The smallest absolute Gasteiger partial charge is 0.194 e. The van der Waals surface area contributed by atoms with Crippen LogP contribution in [0.3, 0.4) is 0 Å². The zero-order valence-corrected chi connectivity index (χ0v) is 20.4. The van der Waals surface area contributed by atoms with E-state index >= 15 is 0 Å². The molecule has 0 bridgehead atoms. The molecular weight excluding hydrogens is 474 g/mol. The maximum atomic E-state index is 13.2. The molecule has 0 amide bonds. The van der Waals surface area contributed by atoms with E-state index in [0.717, 1.165) is 52.8 Å². The molecule has 168 valence electrons. The number of aromatic nitrogens is 1. The summed E-state index contributed by atoms with van der Waals surface area (Å²) in [5.74, 6) is 0. The largest absolute Gasteiger partial charge is 0.358 e. The van der Waals surface area contributed by atoms with E-state index in [1.807, 2.05) is 25.1 Å². The number of benzene rings is 3. The molecule has 0 radical (unpaired) electrons. The van der Waals surface area contributed by atoms with Gasteiger partial charge in [-0.2, -0.15) is 0 Å². The van der Waals surface area contributed by atoms with Crippen molar-refractivity contribution in [2.24, 2.45) is 0 Å². The van der Waals surface area contributed by atoms with Gasteiger partial charge in [0.15, 0.2) is 5.43 Å². The molecule has 0 unspecified atom stereocenters. The average Bonchev–Trinajstić information content (AvgIpc) is 2.85. The Morgan fingerprint density at radius 1 is 0.879 bits per heavy atom. The standard InChI is InChI=1S/C28H28BrN3O/c1-20-25(28(33)24-18-23(29)12-13-26(24)30-20)19-31-14-16-32(17-15-31)27(21-8-4-2-5-9-21)22-10-6-3-7-11-22/h2-13,18,27H,14-17,19H2,1H3,(H,30,33). The first kappa shape index (κ1) is 22.1. The van der Waals surface area contributed by atoms with E-state index in [4.69, 9.17) is 0 Å². The van der Waals surface area contributed by atoms with Gasteiger partial charge in [-0.25, -0.2) is 0 Å². The second-order valence-electron chi connectivity index (χ2n) is 8.78. The summed E-state index contributed by atoms with van der Waals surface area (Å²) in [5.41, 5.74) is 5.51. The lowest BCUT2D eigenvalue weighted by atomic mass is 9.96. The third kappa shape index (κ3) is 4.67. The Kier molecular flexibility index (Phi) is 6.45. The summed E-state index contributed by atoms with van der Waals surface area (Å²) in [7, 11) is 0. The fourth-order valence-electron chi connectivity index (χ4n) is 4.90. The molecule has 4 aromatic rings. The van der Waals surface area contributed by atoms with Crippen LogP contribution < -0.4 is 5.43 Å². The van der Waals surface area contributed by atoms with Crippen LogP contribution >= 0.6 is 15.9 Å². The van der Waals surface area contributed by atoms with Gasteiger partial charge < -0.3 is 4.98 Å². The summed E-state index contributed by atoms with van der Waals surface area (Å²) in [6.45, 7) is 6.49. The van der Waals surface area contributed by atoms with Crippen LogP contribution in [0.2, 0.25) is 0 Å². The highest BCUT2D eigenvalue weighted by molar-refractivity contribution is 9.10. The summed E-state index contributed by atoms with van der Waals surface area (Å²) < 4.78 is 0.928. The van der Waals surface area contributed by atoms with Gasteiger partial charge in [-0.05, 0) is 36.2 Å². The maximum absolute atomic E-state index is 13.2. The molecule has 1 N–H and O–H groups in total. The van der Waals surface area contributed by atoms with E-state index in [2.05, 4.69) is 91.4 Å². The van der Waals surface area contributed by atoms with Crippen molar-refractivity contribution < 1.29 is 0 Å². The number of pyridine rings is 1. The van der Waals surface area contributed by atoms with Crippen molar-refractivity contribution in [1.82, 2.24) is 14.8 Å². The Morgan fingerprint density at radius 3 is 2.09 bits per heavy atom. The highest BCUT2D eigenvalue weighted by Crippen LogP contribution is 2.29. The van der Waals surface area contributed by atoms with Gasteiger partial charge in [-0.1, -0.05) is 76.6 Å². The topological polar surface area (TPSA) is 39.3 Å². The molecular formula is C28H28BrN3O. The minimum atomic E-state index is 0.136. The van der Waals surface area contributed by atoms with Crippen LogP contribution in [0.1, 0.15) is 28.4 Å². The van der Waals surface area contributed by atoms with Crippen molar-refractivity contribution >= 4 is 26.8 Å². The highest BCUT2D eigenvalue weighted by Gasteiger charge is 2.27. The number of halogens is 1. The van der Waals surface area contributed by atoms with E-state index in [9.17, 15) is 4.79 Å². The lowest BCUT2D eigenvalue weighted by molar-refractivity contribution is 0.104. The molecule has 1 saturated heterocycles. The number of piperazine rings is 1. The first-order valence-corrected chi connectivity index (χ1v) is 12.3. The van der Waals surface area contributed by atoms with E-state index in [1.54, 1.807) is 0 Å². The number of hydrogen-bond acceptors (Lipinski definition) is 3. The van der Waals surface area contributed by atoms with Gasteiger partial charge >= 0.3 is 0 Å². The number of fused-ring (bicyclic) bond motifs is 1. The van der Waals surface area contributed by atoms with Gasteiger partial charge in [0.2, 0.25) is 0 Å². The van der Waals surface area contributed by atoms with Gasteiger partial charge in [0.25, 0.3) is 0 Å². The van der Waals surface area contributed by atoms with Crippen LogP contribution in [0.4, 0.5) is 0 Å². The summed E-state index contributed by atoms with van der Waals surface area (Å²) in [4.78, 5) is 21.6. The van der Waals surface area contributed by atoms with Crippen LogP contribution in [-0.2, 0) is 6.54 Å². The molecule has 0 aliphatic carbocycles. The number of nitrogens with one attached hydrogen (secondary N) is 1. The van der Waals surface area contributed by atoms with Gasteiger partial charge in [-0.15, -0.1) is 0 Å². The maximum Gasteiger partial charge on any atom is 0.194 e. The molecule has 1 aromatic heterocycles. The van der Waals surface area contributed by atoms with Crippen LogP contribution in [0, 0.1) is 6.92 Å². The quantitative estimate of drug-likeness (QED) is 0.392. The summed E-state index contributed by atoms with van der Waals surface area (Å²) in [6.07, 6.45) is 0. The van der Waals surface area contributed by atoms with Crippen LogP contribution in [-0.4, -0.2) is 41.0 Å². The molecule has 2 heterocycles. The lowest BCUT2D eigenvalue weighted by Crippen LogP contribution is -2.47. The molecule has 1 aliphatic rings. The van der Waals surface area contributed by atoms with Crippen molar-refractivity contribution in [3.05, 3.63) is 116 Å². The molecule has 0 atom stereocenters. The number of H-pyrrole nitrogens is 1. The Morgan fingerprint density at radius 2 is 1.48 bits per heavy atom. The zero-order chi connectivity index (χ0) is 22.8. The van der Waals surface area contributed by atoms with Crippen molar-refractivity contribution in [3.8, 4) is 0 Å². The fourth-order valence-corrected chi connectivity index (χ4v) is 5.26. The van der Waals surface area contributed by atoms with E-state index in [1.165, 1.54) is 11.1 Å². The average molecular weight is 502 g/mol. The van der Waals surface area contributed by atoms with Crippen molar-refractivity contribution in [2.75, 3.05) is 26.2 Å². The number of aromatic amines is 1. The van der Waals surface area contributed by atoms with Crippen LogP contribution in [0.15, 0.2) is 88.1 Å². The predicted octanol–water partition coefficient (Wildman–Crippen LogP) is 5.51. The Labute approximate surface area is 203 Å². The minimum Gasteiger partial charge on any atom is -0.358 e. The highest BCUT2D eigenvalue weighted by atomic mass is 79.9. The minimum absolute atomic E-state index is 0.136. The second-order valence-corrected chi connectivity index (χ2v) is 9.70. The Hall–Kier alpha value is -2.73. The number of aryl methyl sites for hydroxylation is 1. The molecule has 1 fully saturated rings. The second kappa shape index (κ2) is 9.64. The van der Waals surface area contributed by atoms with Gasteiger partial charge in [0.05, 0.1) is 6.04 Å². The third-order valence-electron chi connectivity index (χ3n) is 6.66. The van der Waals surface area contributed by atoms with E-state index in [-0.39, 0.29) is 11.5 Å². The van der Waals surface area contributed by atoms with E-state index < -0.39 is 0 Å². The van der Waals surface area contributed by atoms with Gasteiger partial charge in [0, 0.05) is 59.4 Å². The first-order valence-electron chi connectivity index (χ1n) is 11.5. The molecule has 33 heavy (non-hydrogen) atoms. The van der Waals surface area contributed by atoms with Gasteiger partial charge in [0.1, 0.15) is 0 Å². The van der Waals surface area contributed by atoms with Crippen molar-refractivity contribution in [1.29, 1.82) is 0 Å². The van der Waals surface area contributed by atoms with Crippen LogP contribution in [0.5, 0.6) is 0 Å². The molecule has 0 saturated carbocycles. The monoisotopic (exact) mass is 501 g/mol. The number of hydrogen-bond donors (Lipinski definition) is 1. The molecule has 0 spiro atoms. The molecule has 5 rings (SSSR count). The normalized spacial score (nSPS) is 15.4. The SMILES string of the molecule is Cc1[nH]c2ccc(Br)cc2c(=O)c1CN1CCN(C(c2ccccc2)c2ccccc2)CC1. The lowest BCUT2D eigenvalue weighted by Gasteiger charge is -2.40. The number of rotatable bonds is 5. The Bertz CT molecular complexity index is 1260. The zero-order valence-electron chi connectivity index (χ0n) is 18.8.